The van der Waals surface area contributed by atoms with Gasteiger partial charge in [-0.1, -0.05) is 54.6 Å². The predicted octanol–water partition coefficient (Wildman–Crippen LogP) is 5.38. The number of aromatic nitrogens is 2. The van der Waals surface area contributed by atoms with E-state index in [2.05, 4.69) is 52.1 Å². The number of hydrogen-bond donors (Lipinski definition) is 1. The second-order valence-electron chi connectivity index (χ2n) is 7.83. The summed E-state index contributed by atoms with van der Waals surface area (Å²) in [4.78, 5) is 25.3. The highest BCUT2D eigenvalue weighted by molar-refractivity contribution is 6.07. The number of benzene rings is 3. The zero-order valence-electron chi connectivity index (χ0n) is 17.8. The largest absolute Gasteiger partial charge is 0.363 e. The van der Waals surface area contributed by atoms with Gasteiger partial charge in [-0.25, -0.2) is 4.98 Å². The van der Waals surface area contributed by atoms with Crippen molar-refractivity contribution in [3.63, 3.8) is 0 Å². The molecule has 1 aliphatic rings. The molecule has 32 heavy (non-hydrogen) atoms. The number of nitrogens with zero attached hydrogens (tertiary/aromatic N) is 3. The maximum Gasteiger partial charge on any atom is 0.254 e. The third-order valence-corrected chi connectivity index (χ3v) is 5.86. The van der Waals surface area contributed by atoms with Gasteiger partial charge in [0.2, 0.25) is 0 Å². The lowest BCUT2D eigenvalue weighted by atomic mass is 10.0. The van der Waals surface area contributed by atoms with Crippen molar-refractivity contribution in [1.29, 1.82) is 0 Å². The zero-order chi connectivity index (χ0) is 20.5. The van der Waals surface area contributed by atoms with Gasteiger partial charge in [0, 0.05) is 37.1 Å². The molecule has 0 atom stereocenters. The highest BCUT2D eigenvalue weighted by Gasteiger charge is 2.26. The van der Waals surface area contributed by atoms with Gasteiger partial charge in [0.25, 0.3) is 5.91 Å². The van der Waals surface area contributed by atoms with E-state index in [1.165, 1.54) is 16.8 Å². The quantitative estimate of drug-likeness (QED) is 0.439. The van der Waals surface area contributed by atoms with Gasteiger partial charge in [-0.2, -0.15) is 0 Å². The molecule has 0 spiro atoms. The number of anilines is 1. The number of aromatic amines is 1. The normalized spacial score (nSPS) is 13.0. The Hall–Kier alpha value is -3.02. The Labute approximate surface area is 200 Å². The van der Waals surface area contributed by atoms with E-state index in [0.29, 0.717) is 13.1 Å². The Bertz CT molecular complexity index is 1200. The van der Waals surface area contributed by atoms with E-state index in [4.69, 9.17) is 0 Å². The molecule has 166 valence electrons. The first-order valence-electron chi connectivity index (χ1n) is 10.3. The van der Waals surface area contributed by atoms with Crippen molar-refractivity contribution < 1.29 is 4.79 Å². The molecular weight excluding hydrogens is 443 g/mol. The average molecular weight is 469 g/mol. The Morgan fingerprint density at radius 3 is 2.59 bits per heavy atom. The molecule has 7 heteroatoms. The number of aryl methyl sites for hydroxylation is 1. The van der Waals surface area contributed by atoms with Crippen LogP contribution < -0.4 is 4.90 Å². The van der Waals surface area contributed by atoms with Crippen LogP contribution in [-0.2, 0) is 13.1 Å². The van der Waals surface area contributed by atoms with E-state index in [1.807, 2.05) is 41.4 Å². The summed E-state index contributed by atoms with van der Waals surface area (Å²) in [6, 6.07) is 20.4. The predicted molar refractivity (Wildman–Crippen MR) is 134 cm³/mol. The van der Waals surface area contributed by atoms with Crippen LogP contribution in [-0.4, -0.2) is 33.9 Å². The number of halogens is 2. The van der Waals surface area contributed by atoms with Gasteiger partial charge in [-0.3, -0.25) is 4.79 Å². The fraction of sp³-hybridized carbons (Fsp3) is 0.200. The number of rotatable bonds is 3. The minimum Gasteiger partial charge on any atom is -0.363 e. The van der Waals surface area contributed by atoms with E-state index in [-0.39, 0.29) is 30.7 Å². The molecule has 2 heterocycles. The second-order valence-corrected chi connectivity index (χ2v) is 7.83. The number of carbonyl (C=O) groups is 1. The first-order valence-corrected chi connectivity index (χ1v) is 10.3. The Balaban J connectivity index is 0.00000144. The van der Waals surface area contributed by atoms with E-state index in [1.54, 1.807) is 6.33 Å². The number of H-pyrrole nitrogens is 1. The highest BCUT2D eigenvalue weighted by atomic mass is 35.5. The fourth-order valence-electron chi connectivity index (χ4n) is 4.43. The van der Waals surface area contributed by atoms with Gasteiger partial charge in [0.15, 0.2) is 0 Å². The monoisotopic (exact) mass is 468 g/mol. The Kier molecular flexibility index (Phi) is 7.44. The van der Waals surface area contributed by atoms with E-state index < -0.39 is 0 Å². The van der Waals surface area contributed by atoms with Crippen LogP contribution in [0.1, 0.15) is 27.2 Å². The standard InChI is InChI=1S/C25H24N4O.2ClH/c1-18-6-4-9-20-15-29(13-12-28(24(18)20)16-21-14-26-17-27-21)25(30)23-11-5-8-19-7-2-3-10-22(19)23;;/h2-11,14,17H,12-13,15-16H2,1H3,(H,26,27);2*1H. The molecule has 3 aromatic carbocycles. The van der Waals surface area contributed by atoms with Crippen LogP contribution in [0, 0.1) is 6.92 Å². The lowest BCUT2D eigenvalue weighted by molar-refractivity contribution is 0.0753. The minimum absolute atomic E-state index is 0. The number of hydrogen-bond acceptors (Lipinski definition) is 3. The fourth-order valence-corrected chi connectivity index (χ4v) is 4.43. The second kappa shape index (κ2) is 10.1. The van der Waals surface area contributed by atoms with Crippen molar-refractivity contribution in [2.45, 2.75) is 20.0 Å². The van der Waals surface area contributed by atoms with Crippen LogP contribution in [0.3, 0.4) is 0 Å². The van der Waals surface area contributed by atoms with Crippen molar-refractivity contribution in [3.8, 4) is 0 Å². The summed E-state index contributed by atoms with van der Waals surface area (Å²) >= 11 is 0. The Morgan fingerprint density at radius 2 is 1.78 bits per heavy atom. The van der Waals surface area contributed by atoms with E-state index >= 15 is 0 Å². The van der Waals surface area contributed by atoms with Gasteiger partial charge in [0.05, 0.1) is 18.6 Å². The van der Waals surface area contributed by atoms with Crippen LogP contribution in [0.2, 0.25) is 0 Å². The molecule has 0 fully saturated rings. The molecule has 5 nitrogen and oxygen atoms in total. The summed E-state index contributed by atoms with van der Waals surface area (Å²) in [6.07, 6.45) is 3.57. The van der Waals surface area contributed by atoms with Crippen LogP contribution in [0.25, 0.3) is 10.8 Å². The number of carbonyl (C=O) groups excluding carboxylic acids is 1. The molecule has 1 aromatic heterocycles. The first kappa shape index (κ1) is 23.6. The van der Waals surface area contributed by atoms with Gasteiger partial charge in [-0.15, -0.1) is 24.8 Å². The molecule has 4 aromatic rings. The third kappa shape index (κ3) is 4.45. The highest BCUT2D eigenvalue weighted by Crippen LogP contribution is 2.31. The van der Waals surface area contributed by atoms with Crippen molar-refractivity contribution in [3.05, 3.63) is 95.6 Å². The summed E-state index contributed by atoms with van der Waals surface area (Å²) in [5.74, 6) is 0.0858. The van der Waals surface area contributed by atoms with E-state index in [9.17, 15) is 4.79 Å². The van der Waals surface area contributed by atoms with Gasteiger partial charge < -0.3 is 14.8 Å². The van der Waals surface area contributed by atoms with Crippen molar-refractivity contribution in [2.75, 3.05) is 18.0 Å². The zero-order valence-corrected chi connectivity index (χ0v) is 19.5. The maximum absolute atomic E-state index is 13.6. The summed E-state index contributed by atoms with van der Waals surface area (Å²) < 4.78 is 0. The SMILES string of the molecule is Cc1cccc2c1N(Cc1cnc[nH]1)CCN(C(=O)c1cccc3ccccc13)C2.Cl.Cl. The van der Waals surface area contributed by atoms with Gasteiger partial charge >= 0.3 is 0 Å². The molecule has 0 radical (unpaired) electrons. The average Bonchev–Trinajstić information content (AvgIpc) is 3.21. The minimum atomic E-state index is 0. The number of imidazole rings is 1. The molecule has 5 rings (SSSR count). The number of amides is 1. The maximum atomic E-state index is 13.6. The van der Waals surface area contributed by atoms with Gasteiger partial charge in [-0.05, 0) is 34.9 Å². The molecule has 0 aliphatic carbocycles. The molecule has 1 N–H and O–H groups in total. The molecule has 0 unspecified atom stereocenters. The summed E-state index contributed by atoms with van der Waals surface area (Å²) in [5.41, 5.74) is 5.47. The molecule has 0 saturated carbocycles. The summed E-state index contributed by atoms with van der Waals surface area (Å²) in [6.45, 7) is 4.94. The molecule has 0 bridgehead atoms. The number of para-hydroxylation sites is 1. The lowest BCUT2D eigenvalue weighted by Crippen LogP contribution is -2.35. The number of fused-ring (bicyclic) bond motifs is 2. The summed E-state index contributed by atoms with van der Waals surface area (Å²) in [5, 5.41) is 2.10. The molecular formula is C25H26Cl2N4O. The van der Waals surface area contributed by atoms with Crippen molar-refractivity contribution >= 4 is 47.2 Å². The Morgan fingerprint density at radius 1 is 1.00 bits per heavy atom. The molecule has 1 aliphatic heterocycles. The smallest absolute Gasteiger partial charge is 0.254 e. The van der Waals surface area contributed by atoms with Crippen LogP contribution in [0.4, 0.5) is 5.69 Å². The van der Waals surface area contributed by atoms with E-state index in [0.717, 1.165) is 35.1 Å². The van der Waals surface area contributed by atoms with Crippen LogP contribution >= 0.6 is 24.8 Å². The van der Waals surface area contributed by atoms with Crippen LogP contribution in [0.15, 0.2) is 73.2 Å². The van der Waals surface area contributed by atoms with Crippen LogP contribution in [0.5, 0.6) is 0 Å². The summed E-state index contributed by atoms with van der Waals surface area (Å²) in [7, 11) is 0. The first-order chi connectivity index (χ1) is 14.7. The van der Waals surface area contributed by atoms with Gasteiger partial charge in [0.1, 0.15) is 0 Å². The van der Waals surface area contributed by atoms with Crippen molar-refractivity contribution in [1.82, 2.24) is 14.9 Å². The lowest BCUT2D eigenvalue weighted by Gasteiger charge is -2.26. The van der Waals surface area contributed by atoms with Crippen molar-refractivity contribution in [2.24, 2.45) is 0 Å². The third-order valence-electron chi connectivity index (χ3n) is 5.86. The molecule has 0 saturated heterocycles. The topological polar surface area (TPSA) is 52.2 Å². The molecule has 1 amide bonds. The number of nitrogens with one attached hydrogen (secondary N) is 1.